The van der Waals surface area contributed by atoms with E-state index < -0.39 is 11.8 Å². The molecule has 5 aromatic rings. The maximum atomic E-state index is 16.7. The van der Waals surface area contributed by atoms with Crippen LogP contribution in [-0.2, 0) is 4.74 Å². The number of para-hydroxylation sites is 2. The minimum Gasteiger partial charge on any atom is -0.465 e. The van der Waals surface area contributed by atoms with Gasteiger partial charge in [-0.1, -0.05) is 24.3 Å². The number of benzene rings is 3. The van der Waals surface area contributed by atoms with Crippen LogP contribution in [0.3, 0.4) is 0 Å². The maximum absolute atomic E-state index is 16.7. The molecule has 0 amide bonds. The van der Waals surface area contributed by atoms with Crippen molar-refractivity contribution in [1.82, 2.24) is 19.9 Å². The third-order valence-electron chi connectivity index (χ3n) is 8.32. The number of nitrogens with zero attached hydrogens (tertiary/aromatic N) is 2. The molecule has 3 saturated heterocycles. The molecule has 8 rings (SSSR count). The van der Waals surface area contributed by atoms with E-state index in [-0.39, 0.29) is 22.6 Å². The number of piperidine rings is 3. The van der Waals surface area contributed by atoms with Crippen LogP contribution in [0.5, 0.6) is 0 Å². The number of methoxy groups -OCH3 is 1. The number of hydrogen-bond acceptors (Lipinski definition) is 6. The molecular formula is C31H28FN5O3. The summed E-state index contributed by atoms with van der Waals surface area (Å²) in [7, 11) is 1.31. The Balaban J connectivity index is 1.46. The molecule has 3 aliphatic rings. The second kappa shape index (κ2) is 9.60. The summed E-state index contributed by atoms with van der Waals surface area (Å²) in [4.78, 5) is 39.0. The van der Waals surface area contributed by atoms with Crippen LogP contribution in [0.2, 0.25) is 0 Å². The standard InChI is InChI=1S/C31H28FN5O3/c1-40-31(39)19-6-4-5-18(15-19)20-9-10-23-25(27(20)32)28(33-24-16-37-13-11-17(24)12-14-37)26(30(38)36-23)29-34-21-7-2-3-8-22(21)35-29/h2-10,15,17,24H,11-14,16H2,1H3,(H,34,35)(H2,33,36,38)/t24-/m0/s1. The van der Waals surface area contributed by atoms with Crippen LogP contribution in [0.4, 0.5) is 10.1 Å². The Morgan fingerprint density at radius 2 is 1.88 bits per heavy atom. The number of carbonyl (C=O) groups is 1. The maximum Gasteiger partial charge on any atom is 0.337 e. The third-order valence-corrected chi connectivity index (χ3v) is 8.32. The number of imidazole rings is 1. The van der Waals surface area contributed by atoms with Gasteiger partial charge in [-0.05, 0) is 73.8 Å². The quantitative estimate of drug-likeness (QED) is 0.267. The summed E-state index contributed by atoms with van der Waals surface area (Å²) in [6.07, 6.45) is 2.12. The Bertz CT molecular complexity index is 1800. The van der Waals surface area contributed by atoms with Crippen molar-refractivity contribution in [2.75, 3.05) is 32.1 Å². The lowest BCUT2D eigenvalue weighted by atomic mass is 9.83. The van der Waals surface area contributed by atoms with Crippen LogP contribution < -0.4 is 10.9 Å². The van der Waals surface area contributed by atoms with Gasteiger partial charge in [-0.15, -0.1) is 0 Å². The normalized spacial score (nSPS) is 20.2. The number of ether oxygens (including phenoxy) is 1. The molecule has 2 bridgehead atoms. The molecule has 0 radical (unpaired) electrons. The van der Waals surface area contributed by atoms with Crippen LogP contribution in [0.15, 0.2) is 65.5 Å². The van der Waals surface area contributed by atoms with Gasteiger partial charge in [0.05, 0.1) is 40.3 Å². The predicted molar refractivity (Wildman–Crippen MR) is 153 cm³/mol. The number of esters is 1. The number of carbonyl (C=O) groups excluding carboxylic acids is 1. The van der Waals surface area contributed by atoms with Crippen molar-refractivity contribution in [3.8, 4) is 22.5 Å². The van der Waals surface area contributed by atoms with Crippen LogP contribution >= 0.6 is 0 Å². The van der Waals surface area contributed by atoms with Crippen LogP contribution in [0.1, 0.15) is 23.2 Å². The highest BCUT2D eigenvalue weighted by Gasteiger charge is 2.35. The molecule has 3 N–H and O–H groups in total. The minimum atomic E-state index is -0.496. The first-order valence-electron chi connectivity index (χ1n) is 13.5. The van der Waals surface area contributed by atoms with Gasteiger partial charge in [-0.25, -0.2) is 14.2 Å². The van der Waals surface area contributed by atoms with Crippen molar-refractivity contribution in [3.05, 3.63) is 82.4 Å². The van der Waals surface area contributed by atoms with E-state index in [1.807, 2.05) is 24.3 Å². The minimum absolute atomic E-state index is 0.0707. The molecule has 3 aromatic carbocycles. The molecule has 5 heterocycles. The van der Waals surface area contributed by atoms with Gasteiger partial charge in [-0.3, -0.25) is 4.79 Å². The highest BCUT2D eigenvalue weighted by atomic mass is 19.1. The second-order valence-corrected chi connectivity index (χ2v) is 10.6. The Morgan fingerprint density at radius 3 is 2.62 bits per heavy atom. The monoisotopic (exact) mass is 537 g/mol. The number of rotatable bonds is 5. The fraction of sp³-hybridized carbons (Fsp3) is 0.258. The van der Waals surface area contributed by atoms with Crippen molar-refractivity contribution >= 4 is 33.6 Å². The van der Waals surface area contributed by atoms with Gasteiger partial charge in [-0.2, -0.15) is 0 Å². The molecule has 2 aromatic heterocycles. The van der Waals surface area contributed by atoms with Crippen molar-refractivity contribution in [2.24, 2.45) is 5.92 Å². The molecule has 3 fully saturated rings. The number of halogens is 1. The van der Waals surface area contributed by atoms with E-state index in [9.17, 15) is 9.59 Å². The topological polar surface area (TPSA) is 103 Å². The van der Waals surface area contributed by atoms with E-state index >= 15 is 4.39 Å². The van der Waals surface area contributed by atoms with E-state index in [0.29, 0.717) is 39.6 Å². The number of fused-ring (bicyclic) bond motifs is 5. The summed E-state index contributed by atoms with van der Waals surface area (Å²) < 4.78 is 21.5. The largest absolute Gasteiger partial charge is 0.465 e. The van der Waals surface area contributed by atoms with Gasteiger partial charge >= 0.3 is 5.97 Å². The molecule has 8 nitrogen and oxygen atoms in total. The Morgan fingerprint density at radius 1 is 1.05 bits per heavy atom. The van der Waals surface area contributed by atoms with Gasteiger partial charge in [0, 0.05) is 18.2 Å². The van der Waals surface area contributed by atoms with Crippen LogP contribution in [0.25, 0.3) is 44.5 Å². The first kappa shape index (κ1) is 24.5. The van der Waals surface area contributed by atoms with Crippen molar-refractivity contribution < 1.29 is 13.9 Å². The zero-order chi connectivity index (χ0) is 27.4. The van der Waals surface area contributed by atoms with Gasteiger partial charge < -0.3 is 24.9 Å². The van der Waals surface area contributed by atoms with E-state index in [2.05, 4.69) is 20.2 Å². The van der Waals surface area contributed by atoms with E-state index in [1.54, 1.807) is 36.4 Å². The number of aromatic amines is 2. The number of anilines is 1. The van der Waals surface area contributed by atoms with Crippen molar-refractivity contribution in [3.63, 3.8) is 0 Å². The zero-order valence-electron chi connectivity index (χ0n) is 22.0. The number of aromatic nitrogens is 3. The highest BCUT2D eigenvalue weighted by Crippen LogP contribution is 2.39. The first-order valence-corrected chi connectivity index (χ1v) is 13.5. The number of hydrogen-bond donors (Lipinski definition) is 3. The van der Waals surface area contributed by atoms with Crippen LogP contribution in [-0.4, -0.2) is 58.6 Å². The molecule has 9 heteroatoms. The fourth-order valence-corrected chi connectivity index (χ4v) is 6.26. The molecule has 3 aliphatic heterocycles. The molecule has 1 atom stereocenters. The number of pyridine rings is 1. The molecule has 0 saturated carbocycles. The van der Waals surface area contributed by atoms with Gasteiger partial charge in [0.1, 0.15) is 17.2 Å². The fourth-order valence-electron chi connectivity index (χ4n) is 6.26. The molecule has 202 valence electrons. The SMILES string of the molecule is COC(=O)c1cccc(-c2ccc3[nH]c(=O)c(-c4nc5ccccc5[nH]4)c(N[C@H]4CN5CCC4CC5)c3c2F)c1. The molecule has 0 unspecified atom stereocenters. The Hall–Kier alpha value is -4.50. The lowest BCUT2D eigenvalue weighted by Gasteiger charge is -2.45. The van der Waals surface area contributed by atoms with E-state index in [0.717, 1.165) is 43.5 Å². The Labute approximate surface area is 229 Å². The Kier molecular flexibility index (Phi) is 5.89. The summed E-state index contributed by atoms with van der Waals surface area (Å²) in [5.74, 6) is -0.169. The molecular weight excluding hydrogens is 509 g/mol. The summed E-state index contributed by atoms with van der Waals surface area (Å²) in [5.41, 5.74) is 3.44. The van der Waals surface area contributed by atoms with Gasteiger partial charge in [0.15, 0.2) is 0 Å². The second-order valence-electron chi connectivity index (χ2n) is 10.6. The van der Waals surface area contributed by atoms with E-state index in [4.69, 9.17) is 9.72 Å². The summed E-state index contributed by atoms with van der Waals surface area (Å²) in [6.45, 7) is 2.95. The first-order chi connectivity index (χ1) is 19.5. The smallest absolute Gasteiger partial charge is 0.337 e. The number of nitrogens with one attached hydrogen (secondary N) is 3. The third kappa shape index (κ3) is 4.05. The summed E-state index contributed by atoms with van der Waals surface area (Å²) >= 11 is 0. The average Bonchev–Trinajstić information content (AvgIpc) is 3.41. The molecule has 40 heavy (non-hydrogen) atoms. The van der Waals surface area contributed by atoms with E-state index in [1.165, 1.54) is 7.11 Å². The number of H-pyrrole nitrogens is 2. The van der Waals surface area contributed by atoms with Gasteiger partial charge in [0.25, 0.3) is 5.56 Å². The molecule has 0 spiro atoms. The van der Waals surface area contributed by atoms with Crippen molar-refractivity contribution in [2.45, 2.75) is 18.9 Å². The highest BCUT2D eigenvalue weighted by molar-refractivity contribution is 6.02. The predicted octanol–water partition coefficient (Wildman–Crippen LogP) is 5.17. The average molecular weight is 538 g/mol. The summed E-state index contributed by atoms with van der Waals surface area (Å²) in [6, 6.07) is 17.7. The van der Waals surface area contributed by atoms with Gasteiger partial charge in [0.2, 0.25) is 0 Å². The summed E-state index contributed by atoms with van der Waals surface area (Å²) in [5, 5.41) is 3.91. The lowest BCUT2D eigenvalue weighted by molar-refractivity contribution is 0.0600. The van der Waals surface area contributed by atoms with Crippen molar-refractivity contribution in [1.29, 1.82) is 0 Å². The van der Waals surface area contributed by atoms with Crippen LogP contribution in [0, 0.1) is 11.7 Å². The zero-order valence-corrected chi connectivity index (χ0v) is 22.0. The lowest BCUT2D eigenvalue weighted by Crippen LogP contribution is -2.53. The molecule has 0 aliphatic carbocycles.